The maximum atomic E-state index is 11.6. The molecule has 4 heteroatoms. The third-order valence-electron chi connectivity index (χ3n) is 2.47. The van der Waals surface area contributed by atoms with Gasteiger partial charge in [-0.15, -0.1) is 0 Å². The van der Waals surface area contributed by atoms with Crippen LogP contribution in [0.5, 0.6) is 0 Å². The van der Waals surface area contributed by atoms with Crippen LogP contribution in [0.4, 0.5) is 5.69 Å². The summed E-state index contributed by atoms with van der Waals surface area (Å²) in [6.45, 7) is 2.75. The molecule has 0 aromatic heterocycles. The Morgan fingerprint density at radius 1 is 1.47 bits per heavy atom. The number of nitrogens with zero attached hydrogens (tertiary/aromatic N) is 1. The quantitative estimate of drug-likeness (QED) is 0.811. The minimum Gasteiger partial charge on any atom is -0.325 e. The minimum atomic E-state index is -0.437. The van der Waals surface area contributed by atoms with Gasteiger partial charge in [0, 0.05) is 12.2 Å². The molecule has 17 heavy (non-hydrogen) atoms. The van der Waals surface area contributed by atoms with Crippen molar-refractivity contribution in [2.45, 2.75) is 25.9 Å². The van der Waals surface area contributed by atoms with Crippen LogP contribution in [0.15, 0.2) is 24.3 Å². The molecular formula is C13H21N3O. The SMILES string of the molecule is CC[C@H](N)C(=O)Nc1cccc(CN(C)C)c1. The Kier molecular flexibility index (Phi) is 5.12. The molecule has 1 amide bonds. The maximum absolute atomic E-state index is 11.6. The van der Waals surface area contributed by atoms with Gasteiger partial charge in [-0.25, -0.2) is 0 Å². The van der Waals surface area contributed by atoms with Gasteiger partial charge in [0.25, 0.3) is 0 Å². The first kappa shape index (κ1) is 13.7. The predicted octanol–water partition coefficient (Wildman–Crippen LogP) is 1.42. The zero-order valence-electron chi connectivity index (χ0n) is 10.7. The average Bonchev–Trinajstić information content (AvgIpc) is 2.27. The van der Waals surface area contributed by atoms with Gasteiger partial charge >= 0.3 is 0 Å². The van der Waals surface area contributed by atoms with Crippen molar-refractivity contribution in [1.82, 2.24) is 4.90 Å². The summed E-state index contributed by atoms with van der Waals surface area (Å²) in [5, 5.41) is 2.82. The summed E-state index contributed by atoms with van der Waals surface area (Å²) in [5.41, 5.74) is 7.63. The van der Waals surface area contributed by atoms with Crippen molar-refractivity contribution in [2.24, 2.45) is 5.73 Å². The smallest absolute Gasteiger partial charge is 0.241 e. The number of hydrogen-bond donors (Lipinski definition) is 2. The average molecular weight is 235 g/mol. The molecular weight excluding hydrogens is 214 g/mol. The Bertz CT molecular complexity index is 377. The number of benzene rings is 1. The van der Waals surface area contributed by atoms with Crippen LogP contribution in [0.3, 0.4) is 0 Å². The molecule has 0 bridgehead atoms. The van der Waals surface area contributed by atoms with Crippen LogP contribution in [0.25, 0.3) is 0 Å². The van der Waals surface area contributed by atoms with Crippen LogP contribution in [0.1, 0.15) is 18.9 Å². The molecule has 3 N–H and O–H groups in total. The molecule has 4 nitrogen and oxygen atoms in total. The van der Waals surface area contributed by atoms with Gasteiger partial charge in [-0.1, -0.05) is 19.1 Å². The highest BCUT2D eigenvalue weighted by Gasteiger charge is 2.10. The van der Waals surface area contributed by atoms with Crippen molar-refractivity contribution >= 4 is 11.6 Å². The van der Waals surface area contributed by atoms with E-state index < -0.39 is 6.04 Å². The van der Waals surface area contributed by atoms with E-state index in [-0.39, 0.29) is 5.91 Å². The fourth-order valence-electron chi connectivity index (χ4n) is 1.53. The number of anilines is 1. The first-order valence-electron chi connectivity index (χ1n) is 5.83. The minimum absolute atomic E-state index is 0.130. The zero-order chi connectivity index (χ0) is 12.8. The van der Waals surface area contributed by atoms with Gasteiger partial charge in [-0.2, -0.15) is 0 Å². The molecule has 0 spiro atoms. The summed E-state index contributed by atoms with van der Waals surface area (Å²) in [7, 11) is 4.02. The van der Waals surface area contributed by atoms with E-state index >= 15 is 0 Å². The van der Waals surface area contributed by atoms with Crippen LogP contribution in [0, 0.1) is 0 Å². The molecule has 1 aromatic rings. The summed E-state index contributed by atoms with van der Waals surface area (Å²) in [5.74, 6) is -0.130. The number of nitrogens with one attached hydrogen (secondary N) is 1. The van der Waals surface area contributed by atoms with Crippen molar-refractivity contribution in [3.05, 3.63) is 29.8 Å². The highest BCUT2D eigenvalue weighted by molar-refractivity contribution is 5.94. The Hall–Kier alpha value is -1.39. The molecule has 0 aliphatic carbocycles. The summed E-state index contributed by atoms with van der Waals surface area (Å²) in [6, 6.07) is 7.38. The van der Waals surface area contributed by atoms with Crippen molar-refractivity contribution in [1.29, 1.82) is 0 Å². The maximum Gasteiger partial charge on any atom is 0.241 e. The highest BCUT2D eigenvalue weighted by Crippen LogP contribution is 2.12. The Morgan fingerprint density at radius 2 is 2.18 bits per heavy atom. The second-order valence-corrected chi connectivity index (χ2v) is 4.44. The molecule has 0 heterocycles. The molecule has 0 fully saturated rings. The van der Waals surface area contributed by atoms with E-state index in [9.17, 15) is 4.79 Å². The number of carbonyl (C=O) groups is 1. The molecule has 0 aliphatic rings. The molecule has 0 saturated carbocycles. The molecule has 1 rings (SSSR count). The number of carbonyl (C=O) groups excluding carboxylic acids is 1. The Morgan fingerprint density at radius 3 is 2.76 bits per heavy atom. The van der Waals surface area contributed by atoms with Gasteiger partial charge in [-0.05, 0) is 38.2 Å². The molecule has 94 valence electrons. The van der Waals surface area contributed by atoms with Crippen LogP contribution >= 0.6 is 0 Å². The number of nitrogens with two attached hydrogens (primary N) is 1. The lowest BCUT2D eigenvalue weighted by Gasteiger charge is -2.13. The standard InChI is InChI=1S/C13H21N3O/c1-4-12(14)13(17)15-11-7-5-6-10(8-11)9-16(2)3/h5-8,12H,4,9,14H2,1-3H3,(H,15,17)/t12-/m0/s1. The molecule has 1 atom stereocenters. The van der Waals surface area contributed by atoms with Gasteiger partial charge in [0.2, 0.25) is 5.91 Å². The zero-order valence-corrected chi connectivity index (χ0v) is 10.7. The van der Waals surface area contributed by atoms with Crippen LogP contribution in [-0.2, 0) is 11.3 Å². The van der Waals surface area contributed by atoms with E-state index in [1.54, 1.807) is 0 Å². The number of rotatable bonds is 5. The Balaban J connectivity index is 2.68. The van der Waals surface area contributed by atoms with E-state index in [4.69, 9.17) is 5.73 Å². The predicted molar refractivity (Wildman–Crippen MR) is 70.7 cm³/mol. The van der Waals surface area contributed by atoms with Crippen LogP contribution in [-0.4, -0.2) is 30.9 Å². The van der Waals surface area contributed by atoms with E-state index in [0.717, 1.165) is 17.8 Å². The van der Waals surface area contributed by atoms with Gasteiger partial charge < -0.3 is 16.0 Å². The van der Waals surface area contributed by atoms with Gasteiger partial charge in [0.15, 0.2) is 0 Å². The first-order chi connectivity index (χ1) is 8.02. The molecule has 0 radical (unpaired) electrons. The van der Waals surface area contributed by atoms with Crippen molar-refractivity contribution < 1.29 is 4.79 Å². The van der Waals surface area contributed by atoms with E-state index in [2.05, 4.69) is 10.2 Å². The lowest BCUT2D eigenvalue weighted by molar-refractivity contribution is -0.117. The fourth-order valence-corrected chi connectivity index (χ4v) is 1.53. The van der Waals surface area contributed by atoms with Crippen LogP contribution < -0.4 is 11.1 Å². The normalized spacial score (nSPS) is 12.5. The third-order valence-corrected chi connectivity index (χ3v) is 2.47. The van der Waals surface area contributed by atoms with E-state index in [1.165, 1.54) is 0 Å². The van der Waals surface area contributed by atoms with Crippen molar-refractivity contribution in [3.63, 3.8) is 0 Å². The second-order valence-electron chi connectivity index (χ2n) is 4.44. The summed E-state index contributed by atoms with van der Waals surface area (Å²) >= 11 is 0. The second kappa shape index (κ2) is 6.37. The van der Waals surface area contributed by atoms with Crippen molar-refractivity contribution in [2.75, 3.05) is 19.4 Å². The van der Waals surface area contributed by atoms with Gasteiger partial charge in [0.05, 0.1) is 6.04 Å². The van der Waals surface area contributed by atoms with Gasteiger partial charge in [-0.3, -0.25) is 4.79 Å². The number of amides is 1. The first-order valence-corrected chi connectivity index (χ1v) is 5.83. The van der Waals surface area contributed by atoms with Gasteiger partial charge in [0.1, 0.15) is 0 Å². The largest absolute Gasteiger partial charge is 0.325 e. The monoisotopic (exact) mass is 235 g/mol. The molecule has 0 unspecified atom stereocenters. The van der Waals surface area contributed by atoms with Crippen molar-refractivity contribution in [3.8, 4) is 0 Å². The third kappa shape index (κ3) is 4.54. The summed E-state index contributed by atoms with van der Waals surface area (Å²) in [4.78, 5) is 13.7. The van der Waals surface area contributed by atoms with E-state index in [0.29, 0.717) is 6.42 Å². The molecule has 0 saturated heterocycles. The lowest BCUT2D eigenvalue weighted by Crippen LogP contribution is -2.34. The molecule has 1 aromatic carbocycles. The molecule has 0 aliphatic heterocycles. The number of hydrogen-bond acceptors (Lipinski definition) is 3. The summed E-state index contributed by atoms with van der Waals surface area (Å²) < 4.78 is 0. The highest BCUT2D eigenvalue weighted by atomic mass is 16.2. The fraction of sp³-hybridized carbons (Fsp3) is 0.462. The van der Waals surface area contributed by atoms with Crippen LogP contribution in [0.2, 0.25) is 0 Å². The Labute approximate surface area is 103 Å². The van der Waals surface area contributed by atoms with E-state index in [1.807, 2.05) is 45.3 Å². The summed E-state index contributed by atoms with van der Waals surface area (Å²) in [6.07, 6.45) is 0.642. The lowest BCUT2D eigenvalue weighted by atomic mass is 10.1. The topological polar surface area (TPSA) is 58.4 Å².